The molecule has 0 bridgehead atoms. The van der Waals surface area contributed by atoms with Crippen molar-refractivity contribution in [3.05, 3.63) is 0 Å². The van der Waals surface area contributed by atoms with Crippen molar-refractivity contribution in [1.29, 1.82) is 0 Å². The summed E-state index contributed by atoms with van der Waals surface area (Å²) in [7, 11) is 0. The summed E-state index contributed by atoms with van der Waals surface area (Å²) in [5, 5.41) is 34.5. The van der Waals surface area contributed by atoms with Crippen LogP contribution in [0.4, 0.5) is 0 Å². The Balaban J connectivity index is 5.36. The second-order valence-electron chi connectivity index (χ2n) is 7.57. The largest absolute Gasteiger partial charge is 0.481 e. The molecule has 4 amide bonds. The van der Waals surface area contributed by atoms with Gasteiger partial charge in [-0.3, -0.25) is 24.0 Å². The Kier molecular flexibility index (Phi) is 11.9. The van der Waals surface area contributed by atoms with Crippen LogP contribution in [-0.4, -0.2) is 81.2 Å². The zero-order chi connectivity index (χ0) is 25.2. The van der Waals surface area contributed by atoms with E-state index in [0.717, 1.165) is 0 Å². The Morgan fingerprint density at radius 1 is 0.844 bits per heavy atom. The third kappa shape index (κ3) is 10.2. The molecule has 5 atom stereocenters. The summed E-state index contributed by atoms with van der Waals surface area (Å²) in [4.78, 5) is 70.1. The number of hydrogen-bond acceptors (Lipinski definition) is 8. The van der Waals surface area contributed by atoms with Gasteiger partial charge in [-0.1, -0.05) is 13.8 Å². The maximum Gasteiger partial charge on any atom is 0.326 e. The van der Waals surface area contributed by atoms with Crippen LogP contribution in [0.15, 0.2) is 0 Å². The van der Waals surface area contributed by atoms with E-state index in [2.05, 4.69) is 16.0 Å². The minimum absolute atomic E-state index is 0.303. The highest BCUT2D eigenvalue weighted by atomic mass is 16.4. The average molecular weight is 461 g/mol. The van der Waals surface area contributed by atoms with Crippen LogP contribution < -0.4 is 27.4 Å². The summed E-state index contributed by atoms with van der Waals surface area (Å²) in [5.41, 5.74) is 10.5. The van der Waals surface area contributed by atoms with E-state index < -0.39 is 78.2 Å². The number of carboxylic acids is 2. The first-order valence-corrected chi connectivity index (χ1v) is 9.75. The first kappa shape index (κ1) is 28.7. The van der Waals surface area contributed by atoms with E-state index in [1.165, 1.54) is 6.92 Å². The van der Waals surface area contributed by atoms with Gasteiger partial charge >= 0.3 is 11.9 Å². The number of amides is 4. The van der Waals surface area contributed by atoms with Gasteiger partial charge in [-0.25, -0.2) is 4.79 Å². The Labute approximate surface area is 184 Å². The molecule has 0 rings (SSSR count). The third-order valence-electron chi connectivity index (χ3n) is 4.33. The van der Waals surface area contributed by atoms with E-state index in [4.69, 9.17) is 16.6 Å². The lowest BCUT2D eigenvalue weighted by molar-refractivity contribution is -0.143. The minimum Gasteiger partial charge on any atom is -0.481 e. The highest BCUT2D eigenvalue weighted by molar-refractivity contribution is 5.95. The number of aliphatic carboxylic acids is 2. The Morgan fingerprint density at radius 2 is 1.34 bits per heavy atom. The van der Waals surface area contributed by atoms with E-state index in [0.29, 0.717) is 0 Å². The molecule has 5 unspecified atom stereocenters. The van der Waals surface area contributed by atoms with Crippen LogP contribution in [0.2, 0.25) is 0 Å². The fourth-order valence-corrected chi connectivity index (χ4v) is 2.53. The zero-order valence-electron chi connectivity index (χ0n) is 18.0. The van der Waals surface area contributed by atoms with E-state index in [9.17, 15) is 39.0 Å². The van der Waals surface area contributed by atoms with Gasteiger partial charge in [0.1, 0.15) is 18.1 Å². The van der Waals surface area contributed by atoms with Crippen molar-refractivity contribution >= 4 is 35.6 Å². The zero-order valence-corrected chi connectivity index (χ0v) is 18.0. The molecule has 0 aromatic heterocycles. The predicted molar refractivity (Wildman–Crippen MR) is 109 cm³/mol. The second kappa shape index (κ2) is 13.2. The monoisotopic (exact) mass is 461 g/mol. The number of nitrogens with two attached hydrogens (primary N) is 2. The average Bonchev–Trinajstić information content (AvgIpc) is 2.65. The van der Waals surface area contributed by atoms with Crippen LogP contribution in [0.1, 0.15) is 40.0 Å². The lowest BCUT2D eigenvalue weighted by Crippen LogP contribution is -2.60. The fraction of sp³-hybridized carbons (Fsp3) is 0.667. The standard InChI is InChI=1S/C18H31N5O9/c1-7(2)13(22-15(28)9(19)6-12(26)27)16(29)23-14(8(3)24)17(30)21-10(18(31)32)4-5-11(20)25/h7-10,13-14,24H,4-6,19H2,1-3H3,(H2,20,25)(H,21,30)(H,22,28)(H,23,29)(H,26,27)(H,31,32). The molecule has 182 valence electrons. The molecular formula is C18H31N5O9. The SMILES string of the molecule is CC(C)C(NC(=O)C(N)CC(=O)O)C(=O)NC(C(=O)NC(CCC(N)=O)C(=O)O)C(C)O. The maximum atomic E-state index is 12.7. The van der Waals surface area contributed by atoms with Crippen molar-refractivity contribution in [2.75, 3.05) is 0 Å². The number of nitrogens with one attached hydrogen (secondary N) is 3. The van der Waals surface area contributed by atoms with Crippen LogP contribution in [0.3, 0.4) is 0 Å². The van der Waals surface area contributed by atoms with E-state index in [-0.39, 0.29) is 12.8 Å². The molecule has 0 aliphatic rings. The molecule has 0 aromatic carbocycles. The Morgan fingerprint density at radius 3 is 1.75 bits per heavy atom. The Bertz CT molecular complexity index is 726. The predicted octanol–water partition coefficient (Wildman–Crippen LogP) is -3.37. The first-order valence-electron chi connectivity index (χ1n) is 9.75. The molecule has 14 nitrogen and oxygen atoms in total. The van der Waals surface area contributed by atoms with Crippen LogP contribution in [0.5, 0.6) is 0 Å². The normalized spacial score (nSPS) is 15.6. The van der Waals surface area contributed by atoms with Crippen molar-refractivity contribution < 1.29 is 44.1 Å². The smallest absolute Gasteiger partial charge is 0.326 e. The number of aliphatic hydroxyl groups is 1. The quantitative estimate of drug-likeness (QED) is 0.127. The molecule has 0 saturated carbocycles. The van der Waals surface area contributed by atoms with Crippen LogP contribution in [-0.2, 0) is 28.8 Å². The summed E-state index contributed by atoms with van der Waals surface area (Å²) in [6.07, 6.45) is -2.74. The summed E-state index contributed by atoms with van der Waals surface area (Å²) < 4.78 is 0. The number of carboxylic acid groups (broad SMARTS) is 2. The van der Waals surface area contributed by atoms with Crippen LogP contribution >= 0.6 is 0 Å². The number of aliphatic hydroxyl groups excluding tert-OH is 1. The van der Waals surface area contributed by atoms with Crippen molar-refractivity contribution in [2.24, 2.45) is 17.4 Å². The number of rotatable bonds is 14. The van der Waals surface area contributed by atoms with Gasteiger partial charge in [0.05, 0.1) is 18.6 Å². The maximum absolute atomic E-state index is 12.7. The highest BCUT2D eigenvalue weighted by Crippen LogP contribution is 2.06. The first-order chi connectivity index (χ1) is 14.7. The van der Waals surface area contributed by atoms with Crippen molar-refractivity contribution in [3.63, 3.8) is 0 Å². The molecule has 0 aromatic rings. The van der Waals surface area contributed by atoms with E-state index >= 15 is 0 Å². The third-order valence-corrected chi connectivity index (χ3v) is 4.33. The van der Waals surface area contributed by atoms with Gasteiger partial charge in [0.2, 0.25) is 23.6 Å². The van der Waals surface area contributed by atoms with Gasteiger partial charge in [-0.2, -0.15) is 0 Å². The van der Waals surface area contributed by atoms with Gasteiger partial charge in [-0.15, -0.1) is 0 Å². The molecule has 32 heavy (non-hydrogen) atoms. The number of hydrogen-bond donors (Lipinski definition) is 8. The molecular weight excluding hydrogens is 430 g/mol. The second-order valence-corrected chi connectivity index (χ2v) is 7.57. The lowest BCUT2D eigenvalue weighted by Gasteiger charge is -2.28. The van der Waals surface area contributed by atoms with Crippen LogP contribution in [0, 0.1) is 5.92 Å². The minimum atomic E-state index is -1.59. The van der Waals surface area contributed by atoms with Gasteiger partial charge in [0.25, 0.3) is 0 Å². The highest BCUT2D eigenvalue weighted by Gasteiger charge is 2.34. The van der Waals surface area contributed by atoms with Crippen molar-refractivity contribution in [3.8, 4) is 0 Å². The van der Waals surface area contributed by atoms with Gasteiger partial charge < -0.3 is 42.7 Å². The lowest BCUT2D eigenvalue weighted by atomic mass is 10.0. The Hall–Kier alpha value is -3.26. The fourth-order valence-electron chi connectivity index (χ4n) is 2.53. The van der Waals surface area contributed by atoms with E-state index in [1.54, 1.807) is 13.8 Å². The number of carbonyl (C=O) groups excluding carboxylic acids is 4. The van der Waals surface area contributed by atoms with E-state index in [1.807, 2.05) is 0 Å². The molecule has 0 saturated heterocycles. The van der Waals surface area contributed by atoms with Crippen molar-refractivity contribution in [1.82, 2.24) is 16.0 Å². The summed E-state index contributed by atoms with van der Waals surface area (Å²) in [6.45, 7) is 4.30. The molecule has 14 heteroatoms. The molecule has 10 N–H and O–H groups in total. The van der Waals surface area contributed by atoms with Crippen LogP contribution in [0.25, 0.3) is 0 Å². The number of carbonyl (C=O) groups is 6. The van der Waals surface area contributed by atoms with Gasteiger partial charge in [0.15, 0.2) is 0 Å². The number of primary amides is 1. The molecule has 0 fully saturated rings. The molecule has 0 aliphatic heterocycles. The van der Waals surface area contributed by atoms with Gasteiger partial charge in [0, 0.05) is 6.42 Å². The molecule has 0 heterocycles. The summed E-state index contributed by atoms with van der Waals surface area (Å²) in [6, 6.07) is -5.74. The summed E-state index contributed by atoms with van der Waals surface area (Å²) >= 11 is 0. The molecule has 0 spiro atoms. The molecule has 0 aliphatic carbocycles. The molecule has 0 radical (unpaired) electrons. The summed E-state index contributed by atoms with van der Waals surface area (Å²) in [5.74, 6) is -6.89. The van der Waals surface area contributed by atoms with Crippen molar-refractivity contribution in [2.45, 2.75) is 70.3 Å². The topological polar surface area (TPSA) is 251 Å². The van der Waals surface area contributed by atoms with Gasteiger partial charge in [-0.05, 0) is 19.3 Å².